The van der Waals surface area contributed by atoms with E-state index in [9.17, 15) is 9.59 Å². The van der Waals surface area contributed by atoms with Crippen molar-refractivity contribution >= 4 is 52.8 Å². The summed E-state index contributed by atoms with van der Waals surface area (Å²) in [6.07, 6.45) is 1.45. The molecule has 0 aliphatic rings. The molecule has 0 aliphatic heterocycles. The molecule has 0 bridgehead atoms. The first-order chi connectivity index (χ1) is 11.5. The van der Waals surface area contributed by atoms with Crippen molar-refractivity contribution in [3.8, 4) is 0 Å². The number of amides is 2. The molecule has 0 radical (unpaired) electrons. The molecular weight excluding hydrogens is 383 g/mol. The van der Waals surface area contributed by atoms with Gasteiger partial charge in [-0.25, -0.2) is 4.98 Å². The quantitative estimate of drug-likeness (QED) is 0.662. The molecule has 4 N–H and O–H groups in total. The highest BCUT2D eigenvalue weighted by Gasteiger charge is 2.16. The van der Waals surface area contributed by atoms with E-state index in [0.29, 0.717) is 41.5 Å². The number of aromatic nitrogens is 1. The number of hydrogen-bond acceptors (Lipinski definition) is 5. The molecule has 136 valence electrons. The molecule has 0 aliphatic carbocycles. The van der Waals surface area contributed by atoms with Gasteiger partial charge in [0.2, 0.25) is 0 Å². The third-order valence-corrected chi connectivity index (χ3v) is 4.30. The zero-order valence-electron chi connectivity index (χ0n) is 13.7. The number of anilines is 1. The zero-order valence-corrected chi connectivity index (χ0v) is 16.1. The number of carbonyl (C=O) groups excluding carboxylic acids is 2. The van der Waals surface area contributed by atoms with Crippen LogP contribution < -0.4 is 16.4 Å². The van der Waals surface area contributed by atoms with Crippen molar-refractivity contribution < 1.29 is 9.59 Å². The minimum atomic E-state index is -0.388. The van der Waals surface area contributed by atoms with Gasteiger partial charge in [0.15, 0.2) is 0 Å². The zero-order chi connectivity index (χ0) is 17.5. The van der Waals surface area contributed by atoms with E-state index in [1.807, 2.05) is 6.92 Å². The van der Waals surface area contributed by atoms with Crippen LogP contribution in [0.4, 0.5) is 5.69 Å². The van der Waals surface area contributed by atoms with Crippen molar-refractivity contribution in [2.24, 2.45) is 5.73 Å². The second kappa shape index (κ2) is 10.4. The summed E-state index contributed by atoms with van der Waals surface area (Å²) in [6, 6.07) is 4.75. The van der Waals surface area contributed by atoms with Crippen LogP contribution in [-0.4, -0.2) is 29.9 Å². The van der Waals surface area contributed by atoms with Gasteiger partial charge in [0, 0.05) is 23.4 Å². The average Bonchev–Trinajstić information content (AvgIpc) is 3.02. The van der Waals surface area contributed by atoms with Gasteiger partial charge in [0.05, 0.1) is 16.3 Å². The maximum Gasteiger partial charge on any atom is 0.275 e. The number of benzene rings is 1. The Morgan fingerprint density at radius 2 is 2.08 bits per heavy atom. The minimum absolute atomic E-state index is 0. The first kappa shape index (κ1) is 21.4. The second-order valence-corrected chi connectivity index (χ2v) is 6.44. The number of nitrogens with zero attached hydrogens (tertiary/aromatic N) is 1. The van der Waals surface area contributed by atoms with E-state index >= 15 is 0 Å². The molecule has 2 amide bonds. The van der Waals surface area contributed by atoms with Crippen LogP contribution in [0.25, 0.3) is 0 Å². The summed E-state index contributed by atoms with van der Waals surface area (Å²) in [5.74, 6) is -0.646. The lowest BCUT2D eigenvalue weighted by Crippen LogP contribution is -2.26. The third-order valence-electron chi connectivity index (χ3n) is 3.15. The van der Waals surface area contributed by atoms with E-state index in [1.165, 1.54) is 11.3 Å². The summed E-state index contributed by atoms with van der Waals surface area (Å²) >= 11 is 7.37. The highest BCUT2D eigenvalue weighted by molar-refractivity contribution is 7.09. The molecule has 0 saturated carbocycles. The van der Waals surface area contributed by atoms with Crippen molar-refractivity contribution in [1.29, 1.82) is 0 Å². The normalized spacial score (nSPS) is 10.0. The predicted octanol–water partition coefficient (Wildman–Crippen LogP) is 3.11. The van der Waals surface area contributed by atoms with E-state index in [2.05, 4.69) is 15.6 Å². The maximum atomic E-state index is 12.4. The Morgan fingerprint density at radius 1 is 1.32 bits per heavy atom. The molecule has 25 heavy (non-hydrogen) atoms. The fourth-order valence-electron chi connectivity index (χ4n) is 1.99. The van der Waals surface area contributed by atoms with Gasteiger partial charge in [-0.1, -0.05) is 18.5 Å². The largest absolute Gasteiger partial charge is 0.352 e. The SMILES string of the molecule is CCCNC(=O)c1ccc(Cl)cc1NC(=O)c1csc(CCN)n1.Cl. The molecule has 0 unspecified atom stereocenters. The molecular formula is C16H20Cl2N4O2S. The number of hydrogen-bond donors (Lipinski definition) is 3. The van der Waals surface area contributed by atoms with Gasteiger partial charge in [0.1, 0.15) is 5.69 Å². The summed E-state index contributed by atoms with van der Waals surface area (Å²) in [5, 5.41) is 8.39. The van der Waals surface area contributed by atoms with E-state index in [4.69, 9.17) is 17.3 Å². The Balaban J connectivity index is 0.00000312. The fourth-order valence-corrected chi connectivity index (χ4v) is 2.96. The Kier molecular flexibility index (Phi) is 8.85. The number of carbonyl (C=O) groups is 2. The van der Waals surface area contributed by atoms with Crippen LogP contribution in [0.15, 0.2) is 23.6 Å². The first-order valence-electron chi connectivity index (χ1n) is 7.58. The van der Waals surface area contributed by atoms with Crippen molar-refractivity contribution in [2.75, 3.05) is 18.4 Å². The van der Waals surface area contributed by atoms with Crippen LogP contribution in [0.2, 0.25) is 5.02 Å². The first-order valence-corrected chi connectivity index (χ1v) is 8.84. The fraction of sp³-hybridized carbons (Fsp3) is 0.312. The number of halogens is 2. The molecule has 0 spiro atoms. The number of rotatable bonds is 7. The van der Waals surface area contributed by atoms with Gasteiger partial charge in [-0.3, -0.25) is 9.59 Å². The van der Waals surface area contributed by atoms with Crippen LogP contribution >= 0.6 is 35.3 Å². The van der Waals surface area contributed by atoms with Crippen LogP contribution in [0.3, 0.4) is 0 Å². The number of nitrogens with two attached hydrogens (primary N) is 1. The smallest absolute Gasteiger partial charge is 0.275 e. The Hall–Kier alpha value is -1.67. The standard InChI is InChI=1S/C16H19ClN4O2S.ClH/c1-2-7-19-15(22)11-4-3-10(17)8-12(11)21-16(23)13-9-24-14(20-13)5-6-18;/h3-4,8-9H,2,5-7,18H2,1H3,(H,19,22)(H,21,23);1H. The lowest BCUT2D eigenvalue weighted by Gasteiger charge is -2.11. The summed E-state index contributed by atoms with van der Waals surface area (Å²) in [4.78, 5) is 28.8. The molecule has 2 rings (SSSR count). The van der Waals surface area contributed by atoms with E-state index in [0.717, 1.165) is 11.4 Å². The molecule has 9 heteroatoms. The lowest BCUT2D eigenvalue weighted by atomic mass is 10.1. The van der Waals surface area contributed by atoms with Gasteiger partial charge in [-0.2, -0.15) is 0 Å². The van der Waals surface area contributed by atoms with Gasteiger partial charge < -0.3 is 16.4 Å². The lowest BCUT2D eigenvalue weighted by molar-refractivity contribution is 0.0954. The summed E-state index contributed by atoms with van der Waals surface area (Å²) < 4.78 is 0. The molecule has 0 fully saturated rings. The van der Waals surface area contributed by atoms with Crippen molar-refractivity contribution in [3.05, 3.63) is 44.9 Å². The highest BCUT2D eigenvalue weighted by Crippen LogP contribution is 2.22. The van der Waals surface area contributed by atoms with E-state index in [1.54, 1.807) is 23.6 Å². The Morgan fingerprint density at radius 3 is 2.76 bits per heavy atom. The highest BCUT2D eigenvalue weighted by atomic mass is 35.5. The minimum Gasteiger partial charge on any atom is -0.352 e. The van der Waals surface area contributed by atoms with Crippen molar-refractivity contribution in [2.45, 2.75) is 19.8 Å². The summed E-state index contributed by atoms with van der Waals surface area (Å²) in [5.41, 5.74) is 6.50. The third kappa shape index (κ3) is 5.97. The number of nitrogens with one attached hydrogen (secondary N) is 2. The van der Waals surface area contributed by atoms with Crippen LogP contribution in [0.1, 0.15) is 39.2 Å². The molecule has 6 nitrogen and oxygen atoms in total. The summed E-state index contributed by atoms with van der Waals surface area (Å²) in [6.45, 7) is 3.00. The maximum absolute atomic E-state index is 12.4. The van der Waals surface area contributed by atoms with Crippen LogP contribution in [0, 0.1) is 0 Å². The van der Waals surface area contributed by atoms with Crippen LogP contribution in [0.5, 0.6) is 0 Å². The van der Waals surface area contributed by atoms with Crippen LogP contribution in [-0.2, 0) is 6.42 Å². The summed E-state index contributed by atoms with van der Waals surface area (Å²) in [7, 11) is 0. The molecule has 0 saturated heterocycles. The molecule has 1 heterocycles. The molecule has 1 aromatic heterocycles. The average molecular weight is 403 g/mol. The molecule has 2 aromatic rings. The Labute approximate surface area is 161 Å². The van der Waals surface area contributed by atoms with Crippen molar-refractivity contribution in [1.82, 2.24) is 10.3 Å². The van der Waals surface area contributed by atoms with E-state index in [-0.39, 0.29) is 24.2 Å². The van der Waals surface area contributed by atoms with Gasteiger partial charge >= 0.3 is 0 Å². The Bertz CT molecular complexity index is 737. The molecule has 0 atom stereocenters. The monoisotopic (exact) mass is 402 g/mol. The van der Waals surface area contributed by atoms with Crippen molar-refractivity contribution in [3.63, 3.8) is 0 Å². The van der Waals surface area contributed by atoms with Gasteiger partial charge in [-0.05, 0) is 31.2 Å². The number of thiazole rings is 1. The second-order valence-electron chi connectivity index (χ2n) is 5.07. The van der Waals surface area contributed by atoms with Gasteiger partial charge in [-0.15, -0.1) is 23.7 Å². The van der Waals surface area contributed by atoms with Gasteiger partial charge in [0.25, 0.3) is 11.8 Å². The van der Waals surface area contributed by atoms with E-state index < -0.39 is 0 Å². The molecule has 1 aromatic carbocycles. The predicted molar refractivity (Wildman–Crippen MR) is 104 cm³/mol. The topological polar surface area (TPSA) is 97.1 Å².